The quantitative estimate of drug-likeness (QED) is 0.556. The molecule has 0 aromatic rings. The summed E-state index contributed by atoms with van der Waals surface area (Å²) in [6, 6.07) is 0. The summed E-state index contributed by atoms with van der Waals surface area (Å²) in [5.41, 5.74) is 0. The van der Waals surface area contributed by atoms with Gasteiger partial charge in [-0.15, -0.1) is 0 Å². The molecule has 0 rings (SSSR count). The number of hydrogen-bond acceptors (Lipinski definition) is 4. The minimum atomic E-state index is -2.51. The largest absolute Gasteiger partial charge is 0.750 e. The first-order chi connectivity index (χ1) is 4.20. The van der Waals surface area contributed by atoms with Gasteiger partial charge in [-0.1, -0.05) is 6.92 Å². The van der Waals surface area contributed by atoms with Crippen molar-refractivity contribution in [3.8, 4) is 0 Å². The van der Waals surface area contributed by atoms with Gasteiger partial charge in [-0.25, -0.2) is 4.21 Å². The smallest absolute Gasteiger partial charge is 0.0964 e. The van der Waals surface area contributed by atoms with Crippen LogP contribution in [0.4, 0.5) is 0 Å². The molecule has 0 radical (unpaired) electrons. The van der Waals surface area contributed by atoms with Crippen LogP contribution in [0.3, 0.4) is 0 Å². The predicted octanol–water partition coefficient (Wildman–Crippen LogP) is -0.432. The van der Waals surface area contributed by atoms with E-state index in [-0.39, 0.29) is 6.61 Å². The Morgan fingerprint density at radius 1 is 1.89 bits per heavy atom. The van der Waals surface area contributed by atoms with Gasteiger partial charge in [-0.05, 0) is 6.42 Å². The third kappa shape index (κ3) is 4.53. The van der Waals surface area contributed by atoms with Crippen LogP contribution in [0.15, 0.2) is 0 Å². The molecule has 0 bridgehead atoms. The van der Waals surface area contributed by atoms with Crippen molar-refractivity contribution in [3.05, 3.63) is 0 Å². The highest BCUT2D eigenvalue weighted by molar-refractivity contribution is 7.74. The second-order valence-electron chi connectivity index (χ2n) is 1.51. The van der Waals surface area contributed by atoms with Crippen molar-refractivity contribution >= 4 is 11.4 Å². The average molecular weight is 153 g/mol. The highest BCUT2D eigenvalue weighted by atomic mass is 32.2. The molecule has 2 atom stereocenters. The molecule has 0 saturated heterocycles. The lowest BCUT2D eigenvalue weighted by Gasteiger charge is -2.13. The van der Waals surface area contributed by atoms with Crippen LogP contribution in [0.2, 0.25) is 0 Å². The predicted molar refractivity (Wildman–Crippen MR) is 31.2 cm³/mol. The molecule has 4 nitrogen and oxygen atoms in total. The molecule has 2 unspecified atom stereocenters. The maximum Gasteiger partial charge on any atom is 0.0964 e. The van der Waals surface area contributed by atoms with Crippen molar-refractivity contribution in [1.82, 2.24) is 0 Å². The number of aliphatic hydroxyl groups excluding tert-OH is 1. The summed E-state index contributed by atoms with van der Waals surface area (Å²) in [5, 5.41) is 8.38. The van der Waals surface area contributed by atoms with Crippen LogP contribution in [0, 0.1) is 0 Å². The van der Waals surface area contributed by atoms with E-state index in [2.05, 4.69) is 4.18 Å². The minimum absolute atomic E-state index is 0.259. The van der Waals surface area contributed by atoms with E-state index < -0.39 is 17.5 Å². The monoisotopic (exact) mass is 153 g/mol. The molecule has 0 saturated carbocycles. The van der Waals surface area contributed by atoms with Crippen LogP contribution in [-0.4, -0.2) is 26.6 Å². The lowest BCUT2D eigenvalue weighted by molar-refractivity contribution is 0.114. The van der Waals surface area contributed by atoms with Gasteiger partial charge in [0.05, 0.1) is 24.1 Å². The van der Waals surface area contributed by atoms with Crippen molar-refractivity contribution in [2.45, 2.75) is 19.4 Å². The molecule has 0 fully saturated rings. The zero-order valence-corrected chi connectivity index (χ0v) is 5.89. The van der Waals surface area contributed by atoms with E-state index in [0.717, 1.165) is 0 Å². The van der Waals surface area contributed by atoms with Gasteiger partial charge in [0.2, 0.25) is 0 Å². The summed E-state index contributed by atoms with van der Waals surface area (Å²) < 4.78 is 23.8. The molecular weight excluding hydrogens is 144 g/mol. The Hall–Kier alpha value is 0.0300. The lowest BCUT2D eigenvalue weighted by atomic mass is 10.3. The van der Waals surface area contributed by atoms with Gasteiger partial charge >= 0.3 is 0 Å². The Bertz CT molecular complexity index is 90.6. The van der Waals surface area contributed by atoms with Gasteiger partial charge in [0, 0.05) is 0 Å². The van der Waals surface area contributed by atoms with Crippen LogP contribution >= 0.6 is 0 Å². The first-order valence-electron chi connectivity index (χ1n) is 2.58. The van der Waals surface area contributed by atoms with E-state index in [1.807, 2.05) is 0 Å². The van der Waals surface area contributed by atoms with Crippen molar-refractivity contribution in [1.29, 1.82) is 0 Å². The zero-order chi connectivity index (χ0) is 7.28. The summed E-state index contributed by atoms with van der Waals surface area (Å²) in [5.74, 6) is 0. The normalized spacial score (nSPS) is 17.2. The van der Waals surface area contributed by atoms with Crippen molar-refractivity contribution in [2.75, 3.05) is 6.61 Å². The summed E-state index contributed by atoms with van der Waals surface area (Å²) >= 11 is -2.51. The summed E-state index contributed by atoms with van der Waals surface area (Å²) in [6.45, 7) is 1.47. The fraction of sp³-hybridized carbons (Fsp3) is 1.00. The van der Waals surface area contributed by atoms with Crippen LogP contribution in [0.1, 0.15) is 13.3 Å². The summed E-state index contributed by atoms with van der Waals surface area (Å²) in [6.07, 6.45) is -0.0897. The average Bonchev–Trinajstić information content (AvgIpc) is 1.82. The van der Waals surface area contributed by atoms with Gasteiger partial charge in [0.25, 0.3) is 0 Å². The summed E-state index contributed by atoms with van der Waals surface area (Å²) in [7, 11) is 0. The van der Waals surface area contributed by atoms with Crippen LogP contribution in [0.5, 0.6) is 0 Å². The fourth-order valence-electron chi connectivity index (χ4n) is 0.339. The maximum absolute atomic E-state index is 9.79. The van der Waals surface area contributed by atoms with Crippen LogP contribution in [-0.2, 0) is 15.5 Å². The van der Waals surface area contributed by atoms with E-state index in [1.54, 1.807) is 6.92 Å². The molecule has 0 aliphatic heterocycles. The molecule has 0 aliphatic rings. The molecule has 5 heteroatoms. The summed E-state index contributed by atoms with van der Waals surface area (Å²) in [4.78, 5) is 0. The van der Waals surface area contributed by atoms with Crippen molar-refractivity contribution < 1.29 is 18.1 Å². The Labute approximate surface area is 56.3 Å². The highest BCUT2D eigenvalue weighted by Crippen LogP contribution is 1.96. The van der Waals surface area contributed by atoms with Gasteiger partial charge in [0.1, 0.15) is 0 Å². The standard InChI is InChI=1S/C4H10O4S/c1-2-4(3-5)8-9(6)7/h4-5H,2-3H2,1H3,(H,6,7)/p-1. The molecule has 0 amide bonds. The Balaban J connectivity index is 3.43. The van der Waals surface area contributed by atoms with Crippen LogP contribution in [0.25, 0.3) is 0 Å². The van der Waals surface area contributed by atoms with Gasteiger partial charge in [-0.2, -0.15) is 0 Å². The molecule has 1 N–H and O–H groups in total. The van der Waals surface area contributed by atoms with E-state index in [4.69, 9.17) is 5.11 Å². The number of aliphatic hydroxyl groups is 1. The molecule has 9 heavy (non-hydrogen) atoms. The van der Waals surface area contributed by atoms with Gasteiger partial charge < -0.3 is 9.66 Å². The second kappa shape index (κ2) is 4.87. The lowest BCUT2D eigenvalue weighted by Crippen LogP contribution is -2.17. The minimum Gasteiger partial charge on any atom is -0.750 e. The highest BCUT2D eigenvalue weighted by Gasteiger charge is 2.02. The third-order valence-corrected chi connectivity index (χ3v) is 1.30. The van der Waals surface area contributed by atoms with Crippen molar-refractivity contribution in [3.63, 3.8) is 0 Å². The van der Waals surface area contributed by atoms with Crippen LogP contribution < -0.4 is 0 Å². The van der Waals surface area contributed by atoms with E-state index in [9.17, 15) is 8.76 Å². The molecule has 0 aliphatic carbocycles. The third-order valence-electron chi connectivity index (χ3n) is 0.874. The number of rotatable bonds is 4. The van der Waals surface area contributed by atoms with Gasteiger partial charge in [-0.3, -0.25) is 4.18 Å². The molecule has 0 spiro atoms. The molecule has 0 heterocycles. The zero-order valence-electron chi connectivity index (χ0n) is 5.07. The molecule has 0 aromatic heterocycles. The fourth-order valence-corrected chi connectivity index (χ4v) is 0.758. The Kier molecular flexibility index (Phi) is 4.88. The first kappa shape index (κ1) is 9.03. The number of hydrogen-bond donors (Lipinski definition) is 1. The first-order valence-corrected chi connectivity index (χ1v) is 3.58. The van der Waals surface area contributed by atoms with E-state index in [1.165, 1.54) is 0 Å². The maximum atomic E-state index is 9.79. The van der Waals surface area contributed by atoms with E-state index in [0.29, 0.717) is 6.42 Å². The molecule has 56 valence electrons. The Morgan fingerprint density at radius 3 is 2.56 bits per heavy atom. The van der Waals surface area contributed by atoms with Crippen molar-refractivity contribution in [2.24, 2.45) is 0 Å². The second-order valence-corrected chi connectivity index (χ2v) is 2.11. The molecule has 0 aromatic carbocycles. The SMILES string of the molecule is CCC(CO)OS(=O)[O-]. The topological polar surface area (TPSA) is 69.6 Å². The Morgan fingerprint density at radius 2 is 2.44 bits per heavy atom. The molecular formula is C4H9O4S-. The van der Waals surface area contributed by atoms with E-state index >= 15 is 0 Å². The van der Waals surface area contributed by atoms with Gasteiger partial charge in [0.15, 0.2) is 0 Å².